The van der Waals surface area contributed by atoms with Crippen LogP contribution in [0.25, 0.3) is 0 Å². The highest BCUT2D eigenvalue weighted by Gasteiger charge is 2.34. The number of rotatable bonds is 2. The van der Waals surface area contributed by atoms with Gasteiger partial charge in [-0.2, -0.15) is 0 Å². The van der Waals surface area contributed by atoms with E-state index in [-0.39, 0.29) is 18.4 Å². The summed E-state index contributed by atoms with van der Waals surface area (Å²) in [5, 5.41) is 9.13. The zero-order valence-corrected chi connectivity index (χ0v) is 9.84. The molecule has 0 bridgehead atoms. The molecule has 88 valence electrons. The number of hydrogen-bond donors (Lipinski definition) is 1. The molecular formula is C11H20ClNO2. The van der Waals surface area contributed by atoms with E-state index in [4.69, 9.17) is 5.11 Å². The van der Waals surface area contributed by atoms with Gasteiger partial charge in [0.15, 0.2) is 0 Å². The topological polar surface area (TPSA) is 40.5 Å². The second-order valence-corrected chi connectivity index (χ2v) is 4.53. The quantitative estimate of drug-likeness (QED) is 0.796. The van der Waals surface area contributed by atoms with Crippen molar-refractivity contribution in [2.45, 2.75) is 57.0 Å². The zero-order chi connectivity index (χ0) is 9.97. The van der Waals surface area contributed by atoms with Gasteiger partial charge in [0.25, 0.3) is 0 Å². The number of hydrogen-bond acceptors (Lipinski definition) is 2. The molecule has 15 heavy (non-hydrogen) atoms. The van der Waals surface area contributed by atoms with Crippen molar-refractivity contribution in [3.8, 4) is 0 Å². The number of likely N-dealkylation sites (tertiary alicyclic amines) is 1. The first-order valence-electron chi connectivity index (χ1n) is 5.77. The summed E-state index contributed by atoms with van der Waals surface area (Å²) in [6, 6.07) is 0.378. The molecule has 2 aliphatic rings. The molecule has 2 rings (SSSR count). The standard InChI is InChI=1S/C11H19NO2.ClH/c13-11(14)10-7-3-4-8-12(10)9-5-1-2-6-9;/h9-10H,1-8H2,(H,13,14);1H. The lowest BCUT2D eigenvalue weighted by Crippen LogP contribution is -2.49. The first-order chi connectivity index (χ1) is 6.79. The fourth-order valence-electron chi connectivity index (χ4n) is 2.89. The van der Waals surface area contributed by atoms with Gasteiger partial charge in [-0.05, 0) is 32.2 Å². The lowest BCUT2D eigenvalue weighted by Gasteiger charge is -2.37. The van der Waals surface area contributed by atoms with Crippen LogP contribution in [0, 0.1) is 0 Å². The summed E-state index contributed by atoms with van der Waals surface area (Å²) >= 11 is 0. The van der Waals surface area contributed by atoms with Crippen LogP contribution in [0.2, 0.25) is 0 Å². The summed E-state index contributed by atoms with van der Waals surface area (Å²) in [6.45, 7) is 1.00. The average molecular weight is 234 g/mol. The van der Waals surface area contributed by atoms with E-state index in [0.717, 1.165) is 19.4 Å². The van der Waals surface area contributed by atoms with E-state index < -0.39 is 5.97 Å². The van der Waals surface area contributed by atoms with E-state index in [1.807, 2.05) is 0 Å². The Morgan fingerprint density at radius 2 is 1.67 bits per heavy atom. The molecule has 1 aliphatic heterocycles. The Bertz CT molecular complexity index is 217. The van der Waals surface area contributed by atoms with Gasteiger partial charge >= 0.3 is 5.97 Å². The molecule has 1 saturated heterocycles. The minimum atomic E-state index is -0.614. The highest BCUT2D eigenvalue weighted by Crippen LogP contribution is 2.29. The van der Waals surface area contributed by atoms with Gasteiger partial charge in [0.1, 0.15) is 6.04 Å². The molecule has 2 fully saturated rings. The highest BCUT2D eigenvalue weighted by molar-refractivity contribution is 5.85. The number of nitrogens with zero attached hydrogens (tertiary/aromatic N) is 1. The monoisotopic (exact) mass is 233 g/mol. The van der Waals surface area contributed by atoms with E-state index in [9.17, 15) is 4.79 Å². The summed E-state index contributed by atoms with van der Waals surface area (Å²) < 4.78 is 0. The lowest BCUT2D eigenvalue weighted by atomic mass is 9.99. The second-order valence-electron chi connectivity index (χ2n) is 4.53. The minimum Gasteiger partial charge on any atom is -0.480 e. The van der Waals surface area contributed by atoms with Crippen molar-refractivity contribution < 1.29 is 9.90 Å². The van der Waals surface area contributed by atoms with Crippen molar-refractivity contribution in [2.75, 3.05) is 6.54 Å². The Morgan fingerprint density at radius 1 is 1.07 bits per heavy atom. The molecule has 1 heterocycles. The van der Waals surface area contributed by atoms with Crippen molar-refractivity contribution in [1.82, 2.24) is 4.90 Å². The lowest BCUT2D eigenvalue weighted by molar-refractivity contribution is -0.145. The largest absolute Gasteiger partial charge is 0.480 e. The zero-order valence-electron chi connectivity index (χ0n) is 9.02. The number of halogens is 1. The Hall–Kier alpha value is -0.280. The van der Waals surface area contributed by atoms with Crippen molar-refractivity contribution >= 4 is 18.4 Å². The molecule has 0 amide bonds. The summed E-state index contributed by atoms with van der Waals surface area (Å²) in [5.74, 6) is -0.614. The second kappa shape index (κ2) is 5.71. The summed E-state index contributed by atoms with van der Waals surface area (Å²) in [7, 11) is 0. The Morgan fingerprint density at radius 3 is 2.27 bits per heavy atom. The van der Waals surface area contributed by atoms with E-state index in [2.05, 4.69) is 4.90 Å². The maximum absolute atomic E-state index is 11.1. The molecule has 0 radical (unpaired) electrons. The van der Waals surface area contributed by atoms with E-state index in [1.165, 1.54) is 32.1 Å². The average Bonchev–Trinajstić information content (AvgIpc) is 2.70. The van der Waals surface area contributed by atoms with Crippen molar-refractivity contribution in [3.63, 3.8) is 0 Å². The summed E-state index contributed by atoms with van der Waals surface area (Å²) in [6.07, 6.45) is 8.11. The summed E-state index contributed by atoms with van der Waals surface area (Å²) in [5.41, 5.74) is 0. The van der Waals surface area contributed by atoms with Gasteiger partial charge in [0, 0.05) is 6.04 Å². The molecule has 0 aromatic carbocycles. The van der Waals surface area contributed by atoms with Crippen LogP contribution in [-0.2, 0) is 4.79 Å². The SMILES string of the molecule is Cl.O=C(O)C1CCCCN1C1CCCC1. The van der Waals surface area contributed by atoms with Gasteiger partial charge in [-0.3, -0.25) is 9.69 Å². The smallest absolute Gasteiger partial charge is 0.320 e. The number of aliphatic carboxylic acids is 1. The molecule has 1 N–H and O–H groups in total. The molecule has 0 aromatic rings. The fourth-order valence-corrected chi connectivity index (χ4v) is 2.89. The predicted octanol–water partition coefficient (Wildman–Crippen LogP) is 2.29. The molecule has 0 aromatic heterocycles. The van der Waals surface area contributed by atoms with E-state index in [1.54, 1.807) is 0 Å². The number of carboxylic acids is 1. The third-order valence-corrected chi connectivity index (χ3v) is 3.62. The Balaban J connectivity index is 0.00000112. The normalized spacial score (nSPS) is 28.7. The maximum atomic E-state index is 11.1. The Kier molecular flexibility index (Phi) is 4.87. The van der Waals surface area contributed by atoms with Crippen LogP contribution in [0.4, 0.5) is 0 Å². The van der Waals surface area contributed by atoms with Gasteiger partial charge in [-0.25, -0.2) is 0 Å². The molecular weight excluding hydrogens is 214 g/mol. The third kappa shape index (κ3) is 2.85. The van der Waals surface area contributed by atoms with E-state index in [0.29, 0.717) is 6.04 Å². The highest BCUT2D eigenvalue weighted by atomic mass is 35.5. The van der Waals surface area contributed by atoms with Gasteiger partial charge in [0.2, 0.25) is 0 Å². The number of carboxylic acid groups (broad SMARTS) is 1. The maximum Gasteiger partial charge on any atom is 0.320 e. The Labute approximate surface area is 97.2 Å². The molecule has 1 saturated carbocycles. The van der Waals surface area contributed by atoms with Crippen LogP contribution >= 0.6 is 12.4 Å². The van der Waals surface area contributed by atoms with Crippen LogP contribution in [0.3, 0.4) is 0 Å². The van der Waals surface area contributed by atoms with Gasteiger partial charge < -0.3 is 5.11 Å². The third-order valence-electron chi connectivity index (χ3n) is 3.62. The first-order valence-corrected chi connectivity index (χ1v) is 5.77. The molecule has 1 aliphatic carbocycles. The number of carbonyl (C=O) groups is 1. The molecule has 0 spiro atoms. The van der Waals surface area contributed by atoms with Crippen molar-refractivity contribution in [2.24, 2.45) is 0 Å². The van der Waals surface area contributed by atoms with Crippen LogP contribution in [0.5, 0.6) is 0 Å². The summed E-state index contributed by atoms with van der Waals surface area (Å²) in [4.78, 5) is 13.3. The van der Waals surface area contributed by atoms with E-state index >= 15 is 0 Å². The van der Waals surface area contributed by atoms with Crippen molar-refractivity contribution in [1.29, 1.82) is 0 Å². The molecule has 1 atom stereocenters. The molecule has 4 heteroatoms. The number of piperidine rings is 1. The molecule has 1 unspecified atom stereocenters. The fraction of sp³-hybridized carbons (Fsp3) is 0.909. The molecule has 3 nitrogen and oxygen atoms in total. The first kappa shape index (κ1) is 12.8. The van der Waals surface area contributed by atoms with Crippen LogP contribution in [0.1, 0.15) is 44.9 Å². The minimum absolute atomic E-state index is 0. The van der Waals surface area contributed by atoms with Gasteiger partial charge in [0.05, 0.1) is 0 Å². The van der Waals surface area contributed by atoms with Crippen LogP contribution in [0.15, 0.2) is 0 Å². The van der Waals surface area contributed by atoms with Crippen molar-refractivity contribution in [3.05, 3.63) is 0 Å². The predicted molar refractivity (Wildman–Crippen MR) is 61.5 cm³/mol. The van der Waals surface area contributed by atoms with Gasteiger partial charge in [-0.1, -0.05) is 19.3 Å². The van der Waals surface area contributed by atoms with Crippen LogP contribution < -0.4 is 0 Å². The van der Waals surface area contributed by atoms with Gasteiger partial charge in [-0.15, -0.1) is 12.4 Å². The van der Waals surface area contributed by atoms with Crippen LogP contribution in [-0.4, -0.2) is 34.6 Å².